The van der Waals surface area contributed by atoms with Crippen molar-refractivity contribution in [3.8, 4) is 0 Å². The molecule has 0 radical (unpaired) electrons. The van der Waals surface area contributed by atoms with Gasteiger partial charge in [-0.1, -0.05) is 30.7 Å². The fourth-order valence-corrected chi connectivity index (χ4v) is 4.57. The first-order valence-electron chi connectivity index (χ1n) is 11.9. The monoisotopic (exact) mass is 458 g/mol. The highest BCUT2D eigenvalue weighted by Gasteiger charge is 2.16. The number of nitrogens with one attached hydrogen (secondary N) is 3. The number of fused-ring (bicyclic) bond motifs is 3. The van der Waals surface area contributed by atoms with Crippen LogP contribution >= 0.6 is 0 Å². The largest absolute Gasteiger partial charge is 0.465 e. The second-order valence-electron chi connectivity index (χ2n) is 8.67. The number of nitrogens with zero attached hydrogens (tertiary/aromatic N) is 3. The van der Waals surface area contributed by atoms with Gasteiger partial charge in [-0.25, -0.2) is 4.79 Å². The second kappa shape index (κ2) is 10.1. The Balaban J connectivity index is 1.45. The smallest absolute Gasteiger partial charge is 0.337 e. The number of aromatic amines is 1. The first-order chi connectivity index (χ1) is 16.7. The number of esters is 1. The quantitative estimate of drug-likeness (QED) is 0.255. The molecule has 0 saturated carbocycles. The molecule has 3 heterocycles. The van der Waals surface area contributed by atoms with Crippen LogP contribution in [0.15, 0.2) is 48.5 Å². The normalized spacial score (nSPS) is 14.4. The molecule has 8 heteroatoms. The number of rotatable bonds is 8. The SMILES string of the molecule is COC(=O)c1ccc2c(c1)[nH]c1nc(Nc3ccccc3)nc(NCCCN3CCCCC3)c12. The maximum atomic E-state index is 12.0. The molecule has 0 aliphatic carbocycles. The predicted molar refractivity (Wildman–Crippen MR) is 136 cm³/mol. The first kappa shape index (κ1) is 22.2. The van der Waals surface area contributed by atoms with Gasteiger partial charge in [0.1, 0.15) is 11.5 Å². The third kappa shape index (κ3) is 4.82. The van der Waals surface area contributed by atoms with Gasteiger partial charge in [-0.05, 0) is 63.2 Å². The lowest BCUT2D eigenvalue weighted by molar-refractivity contribution is 0.0601. The molecule has 3 N–H and O–H groups in total. The molecule has 0 spiro atoms. The van der Waals surface area contributed by atoms with E-state index in [0.717, 1.165) is 47.3 Å². The molecule has 176 valence electrons. The van der Waals surface area contributed by atoms with E-state index >= 15 is 0 Å². The summed E-state index contributed by atoms with van der Waals surface area (Å²) in [6, 6.07) is 15.4. The minimum absolute atomic E-state index is 0.367. The number of likely N-dealkylation sites (tertiary alicyclic amines) is 1. The molecule has 5 rings (SSSR count). The molecule has 34 heavy (non-hydrogen) atoms. The van der Waals surface area contributed by atoms with Crippen LogP contribution in [0.2, 0.25) is 0 Å². The Morgan fingerprint density at radius 1 is 1.09 bits per heavy atom. The number of H-pyrrole nitrogens is 1. The lowest BCUT2D eigenvalue weighted by Gasteiger charge is -2.26. The number of hydrogen-bond donors (Lipinski definition) is 3. The number of anilines is 3. The van der Waals surface area contributed by atoms with Crippen molar-refractivity contribution in [3.63, 3.8) is 0 Å². The summed E-state index contributed by atoms with van der Waals surface area (Å²) in [5.74, 6) is 0.922. The number of piperidine rings is 1. The van der Waals surface area contributed by atoms with Crippen LogP contribution in [0.25, 0.3) is 21.9 Å². The van der Waals surface area contributed by atoms with Crippen LogP contribution in [0.3, 0.4) is 0 Å². The summed E-state index contributed by atoms with van der Waals surface area (Å²) >= 11 is 0. The number of carbonyl (C=O) groups excluding carboxylic acids is 1. The second-order valence-corrected chi connectivity index (χ2v) is 8.67. The maximum Gasteiger partial charge on any atom is 0.337 e. The first-order valence-corrected chi connectivity index (χ1v) is 11.9. The van der Waals surface area contributed by atoms with E-state index in [1.807, 2.05) is 36.4 Å². The molecule has 4 aromatic rings. The molecule has 2 aromatic carbocycles. The summed E-state index contributed by atoms with van der Waals surface area (Å²) in [4.78, 5) is 27.5. The van der Waals surface area contributed by atoms with Crippen LogP contribution in [0, 0.1) is 0 Å². The fourth-order valence-electron chi connectivity index (χ4n) is 4.57. The van der Waals surface area contributed by atoms with Gasteiger partial charge in [-0.2, -0.15) is 9.97 Å². The van der Waals surface area contributed by atoms with Gasteiger partial charge in [0.05, 0.1) is 18.1 Å². The van der Waals surface area contributed by atoms with Gasteiger partial charge >= 0.3 is 5.97 Å². The number of ether oxygens (including phenoxy) is 1. The molecule has 1 aliphatic heterocycles. The van der Waals surface area contributed by atoms with E-state index in [4.69, 9.17) is 14.7 Å². The fraction of sp³-hybridized carbons (Fsp3) is 0.346. The van der Waals surface area contributed by atoms with Gasteiger partial charge in [0, 0.05) is 23.1 Å². The molecule has 1 saturated heterocycles. The minimum Gasteiger partial charge on any atom is -0.465 e. The van der Waals surface area contributed by atoms with Crippen molar-refractivity contribution >= 4 is 45.4 Å². The Bertz CT molecular complexity index is 1280. The highest BCUT2D eigenvalue weighted by Crippen LogP contribution is 2.32. The summed E-state index contributed by atoms with van der Waals surface area (Å²) in [5.41, 5.74) is 2.94. The maximum absolute atomic E-state index is 12.0. The van der Waals surface area contributed by atoms with Gasteiger partial charge in [0.25, 0.3) is 0 Å². The number of para-hydroxylation sites is 1. The average Bonchev–Trinajstić information content (AvgIpc) is 3.25. The topological polar surface area (TPSA) is 95.2 Å². The zero-order valence-corrected chi connectivity index (χ0v) is 19.4. The van der Waals surface area contributed by atoms with Crippen molar-refractivity contribution in [3.05, 3.63) is 54.1 Å². The highest BCUT2D eigenvalue weighted by molar-refractivity contribution is 6.12. The average molecular weight is 459 g/mol. The van der Waals surface area contributed by atoms with Gasteiger partial charge in [-0.3, -0.25) is 0 Å². The van der Waals surface area contributed by atoms with E-state index in [0.29, 0.717) is 17.2 Å². The Hall–Kier alpha value is -3.65. The number of carbonyl (C=O) groups is 1. The molecule has 0 bridgehead atoms. The van der Waals surface area contributed by atoms with Gasteiger partial charge < -0.3 is 25.3 Å². The third-order valence-corrected chi connectivity index (χ3v) is 6.29. The molecule has 0 atom stereocenters. The molecule has 1 aliphatic rings. The molecule has 1 fully saturated rings. The molecular formula is C26H30N6O2. The summed E-state index contributed by atoms with van der Waals surface area (Å²) in [6.07, 6.45) is 5.00. The van der Waals surface area contributed by atoms with E-state index in [1.54, 1.807) is 12.1 Å². The summed E-state index contributed by atoms with van der Waals surface area (Å²) in [7, 11) is 1.39. The molecule has 2 aromatic heterocycles. The van der Waals surface area contributed by atoms with Crippen LogP contribution < -0.4 is 10.6 Å². The molecule has 0 unspecified atom stereocenters. The number of benzene rings is 2. The Labute approximate surface area is 198 Å². The van der Waals surface area contributed by atoms with E-state index in [2.05, 4.69) is 20.5 Å². The van der Waals surface area contributed by atoms with Gasteiger partial charge in [-0.15, -0.1) is 0 Å². The highest BCUT2D eigenvalue weighted by atomic mass is 16.5. The molecule has 0 amide bonds. The van der Waals surface area contributed by atoms with Crippen molar-refractivity contribution < 1.29 is 9.53 Å². The lowest BCUT2D eigenvalue weighted by Crippen LogP contribution is -2.31. The third-order valence-electron chi connectivity index (χ3n) is 6.29. The summed E-state index contributed by atoms with van der Waals surface area (Å²) in [5, 5.41) is 8.73. The van der Waals surface area contributed by atoms with Crippen LogP contribution in [0.1, 0.15) is 36.0 Å². The lowest BCUT2D eigenvalue weighted by atomic mass is 10.1. The van der Waals surface area contributed by atoms with Gasteiger partial charge in [0.2, 0.25) is 5.95 Å². The Kier molecular flexibility index (Phi) is 6.58. The van der Waals surface area contributed by atoms with E-state index < -0.39 is 0 Å². The van der Waals surface area contributed by atoms with Crippen molar-refractivity contribution in [1.82, 2.24) is 19.9 Å². The van der Waals surface area contributed by atoms with E-state index in [-0.39, 0.29) is 5.97 Å². The van der Waals surface area contributed by atoms with Gasteiger partial charge in [0.15, 0.2) is 0 Å². The van der Waals surface area contributed by atoms with Crippen LogP contribution in [0.4, 0.5) is 17.5 Å². The molecular weight excluding hydrogens is 428 g/mol. The van der Waals surface area contributed by atoms with Crippen LogP contribution in [-0.4, -0.2) is 59.1 Å². The van der Waals surface area contributed by atoms with Crippen molar-refractivity contribution in [2.24, 2.45) is 0 Å². The molecule has 8 nitrogen and oxygen atoms in total. The minimum atomic E-state index is -0.367. The van der Waals surface area contributed by atoms with Crippen LogP contribution in [-0.2, 0) is 4.74 Å². The zero-order chi connectivity index (χ0) is 23.3. The summed E-state index contributed by atoms with van der Waals surface area (Å²) < 4.78 is 4.88. The van der Waals surface area contributed by atoms with E-state index in [1.165, 1.54) is 39.5 Å². The predicted octanol–water partition coefficient (Wildman–Crippen LogP) is 4.93. The van der Waals surface area contributed by atoms with Crippen LogP contribution in [0.5, 0.6) is 0 Å². The standard InChI is InChI=1S/C26H30N6O2/c1-34-25(33)18-11-12-20-21(17-18)29-24-22(20)23(27-13-8-16-32-14-6-3-7-15-32)30-26(31-24)28-19-9-4-2-5-10-19/h2,4-5,9-12,17H,3,6-8,13-16H2,1H3,(H3,27,28,29,30,31). The van der Waals surface area contributed by atoms with E-state index in [9.17, 15) is 4.79 Å². The number of methoxy groups -OCH3 is 1. The number of aromatic nitrogens is 3. The van der Waals surface area contributed by atoms with Crippen molar-refractivity contribution in [2.45, 2.75) is 25.7 Å². The summed E-state index contributed by atoms with van der Waals surface area (Å²) in [6.45, 7) is 4.31. The number of hydrogen-bond acceptors (Lipinski definition) is 7. The Morgan fingerprint density at radius 2 is 1.91 bits per heavy atom. The van der Waals surface area contributed by atoms with Crippen molar-refractivity contribution in [2.75, 3.05) is 43.9 Å². The van der Waals surface area contributed by atoms with Crippen molar-refractivity contribution in [1.29, 1.82) is 0 Å². The zero-order valence-electron chi connectivity index (χ0n) is 19.4. The Morgan fingerprint density at radius 3 is 2.71 bits per heavy atom.